The van der Waals surface area contributed by atoms with E-state index in [4.69, 9.17) is 9.47 Å². The fourth-order valence-electron chi connectivity index (χ4n) is 2.31. The van der Waals surface area contributed by atoms with Gasteiger partial charge >= 0.3 is 0 Å². The standard InChI is InChI=1S/C20H19N3O3S/c1-14-22-23-20(27-14)21-19(24)11-9-15-8-10-17(18(12-15)25-2)26-13-16-6-4-3-5-7-16/h3-12H,13H2,1-2H3,(H,21,23,24)/b11-9+. The highest BCUT2D eigenvalue weighted by atomic mass is 32.1. The number of amides is 1. The summed E-state index contributed by atoms with van der Waals surface area (Å²) in [7, 11) is 1.59. The van der Waals surface area contributed by atoms with Crippen LogP contribution in [0.5, 0.6) is 11.5 Å². The van der Waals surface area contributed by atoms with Crippen molar-refractivity contribution in [3.63, 3.8) is 0 Å². The molecule has 6 nitrogen and oxygen atoms in total. The van der Waals surface area contributed by atoms with Crippen molar-refractivity contribution in [3.05, 3.63) is 70.7 Å². The number of aryl methyl sites for hydroxylation is 1. The van der Waals surface area contributed by atoms with Gasteiger partial charge in [0.1, 0.15) is 11.6 Å². The Balaban J connectivity index is 1.63. The highest BCUT2D eigenvalue weighted by molar-refractivity contribution is 7.15. The molecule has 0 atom stereocenters. The van der Waals surface area contributed by atoms with Gasteiger partial charge in [0, 0.05) is 6.08 Å². The molecule has 1 amide bonds. The summed E-state index contributed by atoms with van der Waals surface area (Å²) in [5.41, 5.74) is 1.90. The van der Waals surface area contributed by atoms with Crippen LogP contribution in [0.25, 0.3) is 6.08 Å². The van der Waals surface area contributed by atoms with Crippen LogP contribution in [-0.4, -0.2) is 23.2 Å². The molecule has 0 radical (unpaired) electrons. The summed E-state index contributed by atoms with van der Waals surface area (Å²) in [6.45, 7) is 2.28. The monoisotopic (exact) mass is 381 g/mol. The van der Waals surface area contributed by atoms with Gasteiger partial charge in [-0.3, -0.25) is 10.1 Å². The molecule has 0 aliphatic rings. The number of nitrogens with one attached hydrogen (secondary N) is 1. The normalized spacial score (nSPS) is 10.7. The van der Waals surface area contributed by atoms with Crippen LogP contribution in [0.3, 0.4) is 0 Å². The first-order valence-corrected chi connectivity index (χ1v) is 9.09. The number of rotatable bonds is 7. The third-order valence-corrected chi connectivity index (χ3v) is 4.36. The second-order valence-electron chi connectivity index (χ2n) is 5.63. The number of carbonyl (C=O) groups is 1. The van der Waals surface area contributed by atoms with E-state index in [-0.39, 0.29) is 5.91 Å². The number of benzene rings is 2. The van der Waals surface area contributed by atoms with Crippen molar-refractivity contribution in [2.75, 3.05) is 12.4 Å². The van der Waals surface area contributed by atoms with Crippen LogP contribution in [0, 0.1) is 6.92 Å². The number of methoxy groups -OCH3 is 1. The molecule has 0 saturated heterocycles. The fraction of sp³-hybridized carbons (Fsp3) is 0.150. The molecular formula is C20H19N3O3S. The van der Waals surface area contributed by atoms with Crippen molar-refractivity contribution < 1.29 is 14.3 Å². The molecule has 138 valence electrons. The van der Waals surface area contributed by atoms with Gasteiger partial charge < -0.3 is 9.47 Å². The lowest BCUT2D eigenvalue weighted by Crippen LogP contribution is -2.07. The van der Waals surface area contributed by atoms with Gasteiger partial charge in [0.25, 0.3) is 0 Å². The van der Waals surface area contributed by atoms with E-state index in [1.165, 1.54) is 17.4 Å². The molecule has 2 aromatic carbocycles. The average molecular weight is 381 g/mol. The lowest BCUT2D eigenvalue weighted by atomic mass is 10.2. The van der Waals surface area contributed by atoms with Crippen molar-refractivity contribution in [2.45, 2.75) is 13.5 Å². The van der Waals surface area contributed by atoms with E-state index in [0.717, 1.165) is 16.1 Å². The summed E-state index contributed by atoms with van der Waals surface area (Å²) in [4.78, 5) is 12.0. The molecule has 1 aromatic heterocycles. The number of nitrogens with zero attached hydrogens (tertiary/aromatic N) is 2. The van der Waals surface area contributed by atoms with E-state index in [2.05, 4.69) is 15.5 Å². The van der Waals surface area contributed by atoms with E-state index >= 15 is 0 Å². The smallest absolute Gasteiger partial charge is 0.250 e. The highest BCUT2D eigenvalue weighted by Gasteiger charge is 2.06. The molecule has 3 aromatic rings. The first-order chi connectivity index (χ1) is 13.1. The van der Waals surface area contributed by atoms with Gasteiger partial charge in [-0.2, -0.15) is 0 Å². The SMILES string of the molecule is COc1cc(/C=C/C(=O)Nc2nnc(C)s2)ccc1OCc1ccccc1. The Morgan fingerprint density at radius 3 is 2.67 bits per heavy atom. The third kappa shape index (κ3) is 5.39. The molecule has 0 fully saturated rings. The zero-order valence-electron chi connectivity index (χ0n) is 15.0. The Bertz CT molecular complexity index is 939. The Hall–Kier alpha value is -3.19. The number of anilines is 1. The van der Waals surface area contributed by atoms with Crippen LogP contribution in [0.4, 0.5) is 5.13 Å². The van der Waals surface area contributed by atoms with Gasteiger partial charge in [0.2, 0.25) is 11.0 Å². The first kappa shape index (κ1) is 18.6. The molecule has 0 spiro atoms. The summed E-state index contributed by atoms with van der Waals surface area (Å²) in [6, 6.07) is 15.4. The Morgan fingerprint density at radius 2 is 1.96 bits per heavy atom. The first-order valence-electron chi connectivity index (χ1n) is 8.28. The van der Waals surface area contributed by atoms with Crippen LogP contribution in [0.2, 0.25) is 0 Å². The van der Waals surface area contributed by atoms with Crippen molar-refractivity contribution in [1.82, 2.24) is 10.2 Å². The third-order valence-electron chi connectivity index (χ3n) is 3.61. The second kappa shape index (κ2) is 8.95. The van der Waals surface area contributed by atoms with E-state index in [9.17, 15) is 4.79 Å². The molecule has 3 rings (SSSR count). The van der Waals surface area contributed by atoms with Crippen molar-refractivity contribution in [2.24, 2.45) is 0 Å². The minimum atomic E-state index is -0.269. The predicted molar refractivity (Wildman–Crippen MR) is 106 cm³/mol. The number of carbonyl (C=O) groups excluding carboxylic acids is 1. The van der Waals surface area contributed by atoms with Crippen LogP contribution in [-0.2, 0) is 11.4 Å². The fourth-order valence-corrected chi connectivity index (χ4v) is 2.90. The number of hydrogen-bond donors (Lipinski definition) is 1. The maximum Gasteiger partial charge on any atom is 0.250 e. The molecular weight excluding hydrogens is 362 g/mol. The maximum atomic E-state index is 12.0. The molecule has 1 N–H and O–H groups in total. The van der Waals surface area contributed by atoms with Crippen LogP contribution in [0.15, 0.2) is 54.6 Å². The van der Waals surface area contributed by atoms with Gasteiger partial charge in [-0.05, 0) is 36.3 Å². The van der Waals surface area contributed by atoms with E-state index in [1.54, 1.807) is 13.2 Å². The van der Waals surface area contributed by atoms with E-state index in [1.807, 2.05) is 55.5 Å². The summed E-state index contributed by atoms with van der Waals surface area (Å²) < 4.78 is 11.2. The maximum absolute atomic E-state index is 12.0. The molecule has 0 bridgehead atoms. The molecule has 0 aliphatic carbocycles. The van der Waals surface area contributed by atoms with Gasteiger partial charge in [-0.1, -0.05) is 47.7 Å². The van der Waals surface area contributed by atoms with Crippen LogP contribution < -0.4 is 14.8 Å². The quantitative estimate of drug-likeness (QED) is 0.624. The number of aromatic nitrogens is 2. The Kier molecular flexibility index (Phi) is 6.17. The van der Waals surface area contributed by atoms with Gasteiger partial charge in [-0.15, -0.1) is 10.2 Å². The van der Waals surface area contributed by atoms with Crippen LogP contribution >= 0.6 is 11.3 Å². The summed E-state index contributed by atoms with van der Waals surface area (Å²) in [5, 5.41) is 11.7. The molecule has 27 heavy (non-hydrogen) atoms. The zero-order valence-corrected chi connectivity index (χ0v) is 15.8. The number of ether oxygens (including phenoxy) is 2. The Morgan fingerprint density at radius 1 is 1.15 bits per heavy atom. The summed E-state index contributed by atoms with van der Waals surface area (Å²) in [5.74, 6) is 0.982. The lowest BCUT2D eigenvalue weighted by Gasteiger charge is -2.11. The minimum absolute atomic E-state index is 0.269. The second-order valence-corrected chi connectivity index (χ2v) is 6.82. The summed E-state index contributed by atoms with van der Waals surface area (Å²) >= 11 is 1.32. The molecule has 0 aliphatic heterocycles. The van der Waals surface area contributed by atoms with Gasteiger partial charge in [-0.25, -0.2) is 0 Å². The topological polar surface area (TPSA) is 73.3 Å². The van der Waals surface area contributed by atoms with Crippen molar-refractivity contribution in [1.29, 1.82) is 0 Å². The molecule has 7 heteroatoms. The summed E-state index contributed by atoms with van der Waals surface area (Å²) in [6.07, 6.45) is 3.14. The molecule has 1 heterocycles. The van der Waals surface area contributed by atoms with Crippen molar-refractivity contribution >= 4 is 28.5 Å². The average Bonchev–Trinajstić information content (AvgIpc) is 3.10. The molecule has 0 saturated carbocycles. The lowest BCUT2D eigenvalue weighted by molar-refractivity contribution is -0.111. The van der Waals surface area contributed by atoms with Gasteiger partial charge in [0.15, 0.2) is 11.5 Å². The van der Waals surface area contributed by atoms with E-state index in [0.29, 0.717) is 23.2 Å². The predicted octanol–water partition coefficient (Wildman–Crippen LogP) is 4.09. The minimum Gasteiger partial charge on any atom is -0.493 e. The van der Waals surface area contributed by atoms with E-state index < -0.39 is 0 Å². The molecule has 0 unspecified atom stereocenters. The Labute approximate surface area is 161 Å². The zero-order chi connectivity index (χ0) is 19.1. The highest BCUT2D eigenvalue weighted by Crippen LogP contribution is 2.29. The van der Waals surface area contributed by atoms with Crippen LogP contribution in [0.1, 0.15) is 16.1 Å². The van der Waals surface area contributed by atoms with Crippen molar-refractivity contribution in [3.8, 4) is 11.5 Å². The van der Waals surface area contributed by atoms with Gasteiger partial charge in [0.05, 0.1) is 7.11 Å². The number of hydrogen-bond acceptors (Lipinski definition) is 6. The largest absolute Gasteiger partial charge is 0.493 e.